The largest absolute Gasteiger partial charge is 0.330 e. The molecule has 0 saturated heterocycles. The molecular formula is C9H10FN5. The minimum atomic E-state index is -0.459. The first kappa shape index (κ1) is 9.72. The van der Waals surface area contributed by atoms with Crippen LogP contribution in [0.25, 0.3) is 5.95 Å². The Morgan fingerprint density at radius 2 is 2.00 bits per heavy atom. The maximum Gasteiger partial charge on any atom is 0.235 e. The van der Waals surface area contributed by atoms with Crippen LogP contribution in [0.15, 0.2) is 24.8 Å². The van der Waals surface area contributed by atoms with Crippen molar-refractivity contribution in [2.45, 2.75) is 6.42 Å². The lowest BCUT2D eigenvalue weighted by Crippen LogP contribution is -2.10. The van der Waals surface area contributed by atoms with E-state index in [4.69, 9.17) is 5.73 Å². The van der Waals surface area contributed by atoms with Crippen LogP contribution in [0.2, 0.25) is 0 Å². The van der Waals surface area contributed by atoms with Crippen molar-refractivity contribution in [3.63, 3.8) is 0 Å². The summed E-state index contributed by atoms with van der Waals surface area (Å²) in [4.78, 5) is 11.8. The number of nitrogens with two attached hydrogens (primary N) is 1. The minimum Gasteiger partial charge on any atom is -0.330 e. The van der Waals surface area contributed by atoms with E-state index < -0.39 is 5.82 Å². The number of rotatable bonds is 3. The molecule has 6 heteroatoms. The first-order valence-corrected chi connectivity index (χ1v) is 4.51. The van der Waals surface area contributed by atoms with Gasteiger partial charge in [0.2, 0.25) is 5.95 Å². The number of hydrogen-bond donors (Lipinski definition) is 1. The lowest BCUT2D eigenvalue weighted by Gasteiger charge is -2.03. The standard InChI is InChI=1S/C9H10FN5/c10-7-5-13-9(14-6-7)15-4-3-12-8(15)1-2-11/h3-6H,1-2,11H2. The van der Waals surface area contributed by atoms with Crippen LogP contribution >= 0.6 is 0 Å². The number of nitrogens with zero attached hydrogens (tertiary/aromatic N) is 4. The molecule has 0 aliphatic heterocycles. The summed E-state index contributed by atoms with van der Waals surface area (Å²) < 4.78 is 14.3. The predicted molar refractivity (Wildman–Crippen MR) is 51.9 cm³/mol. The normalized spacial score (nSPS) is 10.5. The minimum absolute atomic E-state index is 0.400. The highest BCUT2D eigenvalue weighted by molar-refractivity contribution is 5.14. The summed E-state index contributed by atoms with van der Waals surface area (Å²) in [6.07, 6.45) is 6.23. The topological polar surface area (TPSA) is 69.6 Å². The molecule has 2 aromatic heterocycles. The SMILES string of the molecule is NCCc1nccn1-c1ncc(F)cn1. The number of imidazole rings is 1. The second kappa shape index (κ2) is 4.14. The molecule has 5 nitrogen and oxygen atoms in total. The third-order valence-electron chi connectivity index (χ3n) is 1.91. The summed E-state index contributed by atoms with van der Waals surface area (Å²) in [6.45, 7) is 0.498. The van der Waals surface area contributed by atoms with Crippen molar-refractivity contribution >= 4 is 0 Å². The van der Waals surface area contributed by atoms with Gasteiger partial charge in [0.15, 0.2) is 5.82 Å². The van der Waals surface area contributed by atoms with Crippen LogP contribution in [0.1, 0.15) is 5.82 Å². The van der Waals surface area contributed by atoms with Crippen molar-refractivity contribution in [3.8, 4) is 5.95 Å². The van der Waals surface area contributed by atoms with E-state index in [0.29, 0.717) is 18.9 Å². The van der Waals surface area contributed by atoms with E-state index >= 15 is 0 Å². The molecule has 78 valence electrons. The van der Waals surface area contributed by atoms with Gasteiger partial charge in [-0.15, -0.1) is 0 Å². The first-order chi connectivity index (χ1) is 7.31. The molecule has 15 heavy (non-hydrogen) atoms. The molecule has 0 aromatic carbocycles. The van der Waals surface area contributed by atoms with E-state index in [1.807, 2.05) is 0 Å². The zero-order valence-electron chi connectivity index (χ0n) is 7.97. The van der Waals surface area contributed by atoms with Crippen molar-refractivity contribution in [2.75, 3.05) is 6.54 Å². The van der Waals surface area contributed by atoms with Crippen LogP contribution in [-0.2, 0) is 6.42 Å². The molecule has 0 amide bonds. The lowest BCUT2D eigenvalue weighted by molar-refractivity contribution is 0.610. The summed E-state index contributed by atoms with van der Waals surface area (Å²) in [7, 11) is 0. The monoisotopic (exact) mass is 207 g/mol. The average molecular weight is 207 g/mol. The lowest BCUT2D eigenvalue weighted by atomic mass is 10.4. The summed E-state index contributed by atoms with van der Waals surface area (Å²) in [6, 6.07) is 0. The fourth-order valence-corrected chi connectivity index (χ4v) is 1.26. The molecule has 0 atom stereocenters. The van der Waals surface area contributed by atoms with Gasteiger partial charge < -0.3 is 5.73 Å². The Hall–Kier alpha value is -1.82. The maximum atomic E-state index is 12.6. The van der Waals surface area contributed by atoms with Gasteiger partial charge in [-0.3, -0.25) is 4.57 Å². The maximum absolute atomic E-state index is 12.6. The van der Waals surface area contributed by atoms with E-state index in [-0.39, 0.29) is 0 Å². The van der Waals surface area contributed by atoms with Gasteiger partial charge in [-0.25, -0.2) is 19.3 Å². The van der Waals surface area contributed by atoms with E-state index in [9.17, 15) is 4.39 Å². The Kier molecular flexibility index (Phi) is 2.68. The number of hydrogen-bond acceptors (Lipinski definition) is 4. The van der Waals surface area contributed by atoms with Gasteiger partial charge in [-0.05, 0) is 6.54 Å². The van der Waals surface area contributed by atoms with Crippen LogP contribution in [-0.4, -0.2) is 26.1 Å². The van der Waals surface area contributed by atoms with E-state index in [1.54, 1.807) is 17.0 Å². The van der Waals surface area contributed by atoms with Crippen LogP contribution in [0.4, 0.5) is 4.39 Å². The quantitative estimate of drug-likeness (QED) is 0.786. The molecule has 2 N–H and O–H groups in total. The summed E-state index contributed by atoms with van der Waals surface area (Å²) in [5.74, 6) is 0.709. The summed E-state index contributed by atoms with van der Waals surface area (Å²) >= 11 is 0. The third kappa shape index (κ3) is 1.99. The molecule has 2 heterocycles. The summed E-state index contributed by atoms with van der Waals surface area (Å²) in [5.41, 5.74) is 5.44. The van der Waals surface area contributed by atoms with Gasteiger partial charge in [-0.1, -0.05) is 0 Å². The number of aromatic nitrogens is 4. The van der Waals surface area contributed by atoms with Gasteiger partial charge in [-0.2, -0.15) is 0 Å². The van der Waals surface area contributed by atoms with Gasteiger partial charge >= 0.3 is 0 Å². The van der Waals surface area contributed by atoms with Gasteiger partial charge in [0.05, 0.1) is 12.4 Å². The Labute approximate surface area is 85.8 Å². The Morgan fingerprint density at radius 3 is 2.67 bits per heavy atom. The Balaban J connectivity index is 2.36. The molecule has 0 radical (unpaired) electrons. The van der Waals surface area contributed by atoms with E-state index in [2.05, 4.69) is 15.0 Å². The second-order valence-electron chi connectivity index (χ2n) is 2.95. The van der Waals surface area contributed by atoms with Crippen LogP contribution in [0.3, 0.4) is 0 Å². The Morgan fingerprint density at radius 1 is 1.27 bits per heavy atom. The molecule has 0 unspecified atom stereocenters. The molecule has 0 spiro atoms. The third-order valence-corrected chi connectivity index (χ3v) is 1.91. The summed E-state index contributed by atoms with van der Waals surface area (Å²) in [5, 5.41) is 0. The number of halogens is 1. The molecule has 0 fully saturated rings. The highest BCUT2D eigenvalue weighted by Gasteiger charge is 2.06. The first-order valence-electron chi connectivity index (χ1n) is 4.51. The van der Waals surface area contributed by atoms with Crippen molar-refractivity contribution in [2.24, 2.45) is 5.73 Å². The highest BCUT2D eigenvalue weighted by Crippen LogP contribution is 2.05. The predicted octanol–water partition coefficient (Wildman–Crippen LogP) is 0.303. The van der Waals surface area contributed by atoms with Crippen molar-refractivity contribution < 1.29 is 4.39 Å². The highest BCUT2D eigenvalue weighted by atomic mass is 19.1. The van der Waals surface area contributed by atoms with Crippen molar-refractivity contribution in [1.29, 1.82) is 0 Å². The fourth-order valence-electron chi connectivity index (χ4n) is 1.26. The van der Waals surface area contributed by atoms with Gasteiger partial charge in [0.25, 0.3) is 0 Å². The molecule has 2 aromatic rings. The molecular weight excluding hydrogens is 197 g/mol. The van der Waals surface area contributed by atoms with Crippen molar-refractivity contribution in [1.82, 2.24) is 19.5 Å². The molecule has 2 rings (SSSR count). The van der Waals surface area contributed by atoms with Crippen LogP contribution in [0, 0.1) is 5.82 Å². The van der Waals surface area contributed by atoms with E-state index in [1.165, 1.54) is 0 Å². The molecule has 0 bridgehead atoms. The van der Waals surface area contributed by atoms with Crippen LogP contribution < -0.4 is 5.73 Å². The molecule has 0 aliphatic carbocycles. The van der Waals surface area contributed by atoms with Gasteiger partial charge in [0, 0.05) is 18.8 Å². The van der Waals surface area contributed by atoms with Gasteiger partial charge in [0.1, 0.15) is 5.82 Å². The molecule has 0 saturated carbocycles. The van der Waals surface area contributed by atoms with Crippen molar-refractivity contribution in [3.05, 3.63) is 36.4 Å². The zero-order valence-corrected chi connectivity index (χ0v) is 7.97. The Bertz CT molecular complexity index is 436. The average Bonchev–Trinajstić information content (AvgIpc) is 2.68. The fraction of sp³-hybridized carbons (Fsp3) is 0.222. The van der Waals surface area contributed by atoms with E-state index in [0.717, 1.165) is 18.2 Å². The zero-order chi connectivity index (χ0) is 10.7. The van der Waals surface area contributed by atoms with Crippen LogP contribution in [0.5, 0.6) is 0 Å². The molecule has 0 aliphatic rings. The smallest absolute Gasteiger partial charge is 0.235 e. The second-order valence-corrected chi connectivity index (χ2v) is 2.95.